The van der Waals surface area contributed by atoms with Crippen molar-refractivity contribution in [3.05, 3.63) is 0 Å². The highest BCUT2D eigenvalue weighted by Crippen LogP contribution is 2.31. The first-order chi connectivity index (χ1) is 7.13. The number of ether oxygens (including phenoxy) is 1. The van der Waals surface area contributed by atoms with Crippen LogP contribution >= 0.6 is 15.9 Å². The summed E-state index contributed by atoms with van der Waals surface area (Å²) in [5.74, 6) is 0.388. The van der Waals surface area contributed by atoms with Gasteiger partial charge in [0.15, 0.2) is 0 Å². The quantitative estimate of drug-likeness (QED) is 0.716. The molecule has 0 N–H and O–H groups in total. The van der Waals surface area contributed by atoms with Crippen molar-refractivity contribution in [3.63, 3.8) is 0 Å². The zero-order valence-corrected chi connectivity index (χ0v) is 11.0. The highest BCUT2D eigenvalue weighted by Gasteiger charge is 2.38. The molecule has 0 aromatic rings. The lowest BCUT2D eigenvalue weighted by Crippen LogP contribution is -2.37. The van der Waals surface area contributed by atoms with Crippen LogP contribution in [0.2, 0.25) is 0 Å². The van der Waals surface area contributed by atoms with Gasteiger partial charge in [0.1, 0.15) is 4.66 Å². The second-order valence-corrected chi connectivity index (χ2v) is 7.48. The molecule has 0 aromatic heterocycles. The number of alkyl halides is 1. The van der Waals surface area contributed by atoms with E-state index in [4.69, 9.17) is 4.74 Å². The molecule has 1 unspecified atom stereocenters. The normalized spacial score (nSPS) is 27.5. The van der Waals surface area contributed by atoms with Gasteiger partial charge in [-0.05, 0) is 25.2 Å². The Labute approximate surface area is 99.1 Å². The molecule has 0 amide bonds. The molecule has 1 heterocycles. The SMILES string of the molecule is O=S(=O)(CBr)N(CC1CCOC1)C1CC1. The number of sulfonamides is 1. The van der Waals surface area contributed by atoms with E-state index in [1.807, 2.05) is 0 Å². The molecule has 0 radical (unpaired) electrons. The fraction of sp³-hybridized carbons (Fsp3) is 1.00. The third-order valence-corrected chi connectivity index (χ3v) is 6.08. The molecule has 1 aliphatic carbocycles. The maximum atomic E-state index is 11.8. The molecular weight excluding hydrogens is 282 g/mol. The summed E-state index contributed by atoms with van der Waals surface area (Å²) >= 11 is 3.06. The van der Waals surface area contributed by atoms with Crippen LogP contribution in [0, 0.1) is 5.92 Å². The molecule has 1 aliphatic heterocycles. The van der Waals surface area contributed by atoms with E-state index in [2.05, 4.69) is 15.9 Å². The van der Waals surface area contributed by atoms with E-state index in [1.54, 1.807) is 4.31 Å². The summed E-state index contributed by atoms with van der Waals surface area (Å²) in [5.41, 5.74) is 0. The Hall–Kier alpha value is 0.350. The molecule has 1 saturated carbocycles. The summed E-state index contributed by atoms with van der Waals surface area (Å²) in [6.45, 7) is 2.12. The van der Waals surface area contributed by atoms with Crippen molar-refractivity contribution in [1.29, 1.82) is 0 Å². The Morgan fingerprint density at radius 2 is 2.07 bits per heavy atom. The van der Waals surface area contributed by atoms with Crippen LogP contribution in [-0.4, -0.2) is 43.2 Å². The maximum Gasteiger partial charge on any atom is 0.224 e. The summed E-state index contributed by atoms with van der Waals surface area (Å²) in [6.07, 6.45) is 3.01. The predicted molar refractivity (Wildman–Crippen MR) is 61.4 cm³/mol. The van der Waals surface area contributed by atoms with Crippen LogP contribution in [0.4, 0.5) is 0 Å². The molecular formula is C9H16BrNO3S. The molecule has 4 nitrogen and oxygen atoms in total. The van der Waals surface area contributed by atoms with Gasteiger partial charge in [0.2, 0.25) is 10.0 Å². The van der Waals surface area contributed by atoms with Crippen LogP contribution in [0.25, 0.3) is 0 Å². The number of hydrogen-bond donors (Lipinski definition) is 0. The molecule has 0 aromatic carbocycles. The molecule has 0 bridgehead atoms. The highest BCUT2D eigenvalue weighted by molar-refractivity contribution is 9.10. The number of hydrogen-bond acceptors (Lipinski definition) is 3. The summed E-state index contributed by atoms with van der Waals surface area (Å²) in [5, 5.41) is 0. The summed E-state index contributed by atoms with van der Waals surface area (Å²) < 4.78 is 30.6. The van der Waals surface area contributed by atoms with Gasteiger partial charge < -0.3 is 4.74 Å². The lowest BCUT2D eigenvalue weighted by Gasteiger charge is -2.23. The van der Waals surface area contributed by atoms with Gasteiger partial charge in [-0.25, -0.2) is 8.42 Å². The lowest BCUT2D eigenvalue weighted by atomic mass is 10.1. The van der Waals surface area contributed by atoms with Gasteiger partial charge in [0.25, 0.3) is 0 Å². The van der Waals surface area contributed by atoms with E-state index in [-0.39, 0.29) is 10.7 Å². The highest BCUT2D eigenvalue weighted by atomic mass is 79.9. The standard InChI is InChI=1S/C9H16BrNO3S/c10-7-15(12,13)11(9-1-2-9)5-8-3-4-14-6-8/h8-9H,1-7H2. The van der Waals surface area contributed by atoms with Crippen molar-refractivity contribution >= 4 is 26.0 Å². The van der Waals surface area contributed by atoms with Crippen molar-refractivity contribution in [2.45, 2.75) is 25.3 Å². The van der Waals surface area contributed by atoms with E-state index in [0.29, 0.717) is 19.1 Å². The first-order valence-electron chi connectivity index (χ1n) is 5.26. The topological polar surface area (TPSA) is 46.6 Å². The van der Waals surface area contributed by atoms with Gasteiger partial charge in [-0.1, -0.05) is 15.9 Å². The Morgan fingerprint density at radius 3 is 2.53 bits per heavy atom. The van der Waals surface area contributed by atoms with E-state index < -0.39 is 10.0 Å². The Bertz CT molecular complexity index is 309. The third-order valence-electron chi connectivity index (χ3n) is 2.91. The van der Waals surface area contributed by atoms with Gasteiger partial charge in [0, 0.05) is 19.2 Å². The second kappa shape index (κ2) is 4.69. The predicted octanol–water partition coefficient (Wildman–Crippen LogP) is 1.17. The molecule has 2 rings (SSSR count). The van der Waals surface area contributed by atoms with Crippen molar-refractivity contribution in [1.82, 2.24) is 4.31 Å². The van der Waals surface area contributed by atoms with Crippen molar-refractivity contribution in [2.24, 2.45) is 5.92 Å². The average molecular weight is 298 g/mol. The molecule has 1 saturated heterocycles. The Morgan fingerprint density at radius 1 is 1.33 bits per heavy atom. The molecule has 15 heavy (non-hydrogen) atoms. The number of nitrogens with zero attached hydrogens (tertiary/aromatic N) is 1. The monoisotopic (exact) mass is 297 g/mol. The van der Waals surface area contributed by atoms with E-state index >= 15 is 0 Å². The van der Waals surface area contributed by atoms with Gasteiger partial charge in [-0.2, -0.15) is 4.31 Å². The zero-order valence-electron chi connectivity index (χ0n) is 8.56. The molecule has 1 atom stereocenters. The van der Waals surface area contributed by atoms with Crippen LogP contribution in [-0.2, 0) is 14.8 Å². The molecule has 88 valence electrons. The summed E-state index contributed by atoms with van der Waals surface area (Å²) in [7, 11) is -3.09. The average Bonchev–Trinajstić information content (AvgIpc) is 2.92. The van der Waals surface area contributed by atoms with Crippen molar-refractivity contribution in [2.75, 3.05) is 24.4 Å². The van der Waals surface area contributed by atoms with E-state index in [9.17, 15) is 8.42 Å². The minimum atomic E-state index is -3.09. The van der Waals surface area contributed by atoms with Crippen molar-refractivity contribution in [3.8, 4) is 0 Å². The number of halogens is 1. The van der Waals surface area contributed by atoms with Crippen molar-refractivity contribution < 1.29 is 13.2 Å². The van der Waals surface area contributed by atoms with E-state index in [0.717, 1.165) is 25.9 Å². The molecule has 0 spiro atoms. The Kier molecular flexibility index (Phi) is 3.70. The third kappa shape index (κ3) is 2.93. The first-order valence-corrected chi connectivity index (χ1v) is 8.00. The lowest BCUT2D eigenvalue weighted by molar-refractivity contribution is 0.180. The van der Waals surface area contributed by atoms with Gasteiger partial charge in [-0.15, -0.1) is 0 Å². The summed E-state index contributed by atoms with van der Waals surface area (Å²) in [4.78, 5) is 0. The Balaban J connectivity index is 1.99. The maximum absolute atomic E-state index is 11.8. The molecule has 6 heteroatoms. The molecule has 2 fully saturated rings. The van der Waals surface area contributed by atoms with Gasteiger partial charge in [-0.3, -0.25) is 0 Å². The summed E-state index contributed by atoms with van der Waals surface area (Å²) in [6, 6.07) is 0.258. The van der Waals surface area contributed by atoms with Crippen LogP contribution in [0.5, 0.6) is 0 Å². The van der Waals surface area contributed by atoms with Crippen LogP contribution in [0.1, 0.15) is 19.3 Å². The second-order valence-electron chi connectivity index (χ2n) is 4.25. The van der Waals surface area contributed by atoms with Crippen LogP contribution in [0.3, 0.4) is 0 Å². The van der Waals surface area contributed by atoms with E-state index in [1.165, 1.54) is 0 Å². The number of rotatable bonds is 5. The van der Waals surface area contributed by atoms with Crippen LogP contribution < -0.4 is 0 Å². The van der Waals surface area contributed by atoms with Crippen LogP contribution in [0.15, 0.2) is 0 Å². The molecule has 2 aliphatic rings. The van der Waals surface area contributed by atoms with Gasteiger partial charge >= 0.3 is 0 Å². The first kappa shape index (κ1) is 11.8. The fourth-order valence-corrected chi connectivity index (χ4v) is 3.91. The zero-order chi connectivity index (χ0) is 10.9. The van der Waals surface area contributed by atoms with Gasteiger partial charge in [0.05, 0.1) is 6.61 Å². The smallest absolute Gasteiger partial charge is 0.224 e. The fourth-order valence-electron chi connectivity index (χ4n) is 1.90. The minimum absolute atomic E-state index is 0.0318. The largest absolute Gasteiger partial charge is 0.381 e. The minimum Gasteiger partial charge on any atom is -0.381 e.